The zero-order valence-corrected chi connectivity index (χ0v) is 11.6. The first-order valence-corrected chi connectivity index (χ1v) is 6.41. The van der Waals surface area contributed by atoms with Gasteiger partial charge in [-0.1, -0.05) is 25.4 Å². The molecule has 0 saturated carbocycles. The zero-order chi connectivity index (χ0) is 13.6. The largest absolute Gasteiger partial charge is 0.396 e. The SMILES string of the molecule is CC(C)(CCCO)CNc1ccc(C#N)cc1Cl. The maximum Gasteiger partial charge on any atom is 0.0992 e. The Kier molecular flexibility index (Phi) is 5.46. The van der Waals surface area contributed by atoms with E-state index >= 15 is 0 Å². The van der Waals surface area contributed by atoms with Crippen molar-refractivity contribution in [2.75, 3.05) is 18.5 Å². The van der Waals surface area contributed by atoms with Crippen LogP contribution < -0.4 is 5.32 Å². The average molecular weight is 267 g/mol. The molecule has 0 heterocycles. The molecule has 2 N–H and O–H groups in total. The van der Waals surface area contributed by atoms with Gasteiger partial charge in [-0.2, -0.15) is 5.26 Å². The molecule has 0 fully saturated rings. The Morgan fingerprint density at radius 1 is 1.44 bits per heavy atom. The molecule has 1 aromatic carbocycles. The lowest BCUT2D eigenvalue weighted by molar-refractivity contribution is 0.248. The predicted octanol–water partition coefficient (Wildman–Crippen LogP) is 3.42. The van der Waals surface area contributed by atoms with Gasteiger partial charge < -0.3 is 10.4 Å². The van der Waals surface area contributed by atoms with Crippen molar-refractivity contribution in [2.24, 2.45) is 5.41 Å². The molecule has 0 amide bonds. The highest BCUT2D eigenvalue weighted by atomic mass is 35.5. The lowest BCUT2D eigenvalue weighted by Gasteiger charge is -2.25. The molecule has 0 atom stereocenters. The van der Waals surface area contributed by atoms with Crippen molar-refractivity contribution >= 4 is 17.3 Å². The number of benzene rings is 1. The molecule has 1 rings (SSSR count). The number of halogens is 1. The van der Waals surface area contributed by atoms with Crippen LogP contribution in [-0.2, 0) is 0 Å². The normalized spacial score (nSPS) is 11.1. The summed E-state index contributed by atoms with van der Waals surface area (Å²) in [5, 5.41) is 21.5. The molecule has 18 heavy (non-hydrogen) atoms. The molecule has 1 aromatic rings. The number of nitriles is 1. The van der Waals surface area contributed by atoms with Gasteiger partial charge in [-0.3, -0.25) is 0 Å². The van der Waals surface area contributed by atoms with E-state index in [-0.39, 0.29) is 12.0 Å². The zero-order valence-electron chi connectivity index (χ0n) is 10.8. The Hall–Kier alpha value is -1.24. The molecule has 0 aromatic heterocycles. The minimum Gasteiger partial charge on any atom is -0.396 e. The molecule has 0 unspecified atom stereocenters. The van der Waals surface area contributed by atoms with Crippen LogP contribution in [-0.4, -0.2) is 18.3 Å². The van der Waals surface area contributed by atoms with Gasteiger partial charge in [-0.25, -0.2) is 0 Å². The Bertz CT molecular complexity index is 438. The second kappa shape index (κ2) is 6.63. The number of aliphatic hydroxyl groups excluding tert-OH is 1. The van der Waals surface area contributed by atoms with Crippen LogP contribution >= 0.6 is 11.6 Å². The summed E-state index contributed by atoms with van der Waals surface area (Å²) in [6.45, 7) is 5.29. The van der Waals surface area contributed by atoms with Gasteiger partial charge in [0.2, 0.25) is 0 Å². The number of aliphatic hydroxyl groups is 1. The van der Waals surface area contributed by atoms with Crippen molar-refractivity contribution in [3.63, 3.8) is 0 Å². The molecule has 0 spiro atoms. The van der Waals surface area contributed by atoms with Gasteiger partial charge in [0.15, 0.2) is 0 Å². The Labute approximate surface area is 113 Å². The van der Waals surface area contributed by atoms with E-state index in [9.17, 15) is 0 Å². The lowest BCUT2D eigenvalue weighted by atomic mass is 9.88. The Morgan fingerprint density at radius 3 is 2.72 bits per heavy atom. The highest BCUT2D eigenvalue weighted by Crippen LogP contribution is 2.27. The summed E-state index contributed by atoms with van der Waals surface area (Å²) in [6.07, 6.45) is 1.75. The molecule has 0 aliphatic rings. The third kappa shape index (κ3) is 4.56. The van der Waals surface area contributed by atoms with Crippen molar-refractivity contribution in [3.05, 3.63) is 28.8 Å². The summed E-state index contributed by atoms with van der Waals surface area (Å²) in [4.78, 5) is 0. The van der Waals surface area contributed by atoms with Gasteiger partial charge >= 0.3 is 0 Å². The minimum absolute atomic E-state index is 0.0972. The second-order valence-electron chi connectivity index (χ2n) is 5.15. The third-order valence-electron chi connectivity index (χ3n) is 2.87. The van der Waals surface area contributed by atoms with Crippen LogP contribution in [0.15, 0.2) is 18.2 Å². The first-order valence-electron chi connectivity index (χ1n) is 6.03. The van der Waals surface area contributed by atoms with E-state index in [1.165, 1.54) is 0 Å². The van der Waals surface area contributed by atoms with Crippen LogP contribution in [0.3, 0.4) is 0 Å². The minimum atomic E-state index is 0.0972. The van der Waals surface area contributed by atoms with Gasteiger partial charge in [-0.15, -0.1) is 0 Å². The molecular formula is C14H19ClN2O. The van der Waals surface area contributed by atoms with Crippen molar-refractivity contribution in [3.8, 4) is 6.07 Å². The number of anilines is 1. The van der Waals surface area contributed by atoms with Crippen molar-refractivity contribution in [1.82, 2.24) is 0 Å². The highest BCUT2D eigenvalue weighted by Gasteiger charge is 2.17. The number of nitrogens with one attached hydrogen (secondary N) is 1. The highest BCUT2D eigenvalue weighted by molar-refractivity contribution is 6.33. The molecule has 98 valence electrons. The number of hydrogen-bond acceptors (Lipinski definition) is 3. The van der Waals surface area contributed by atoms with Crippen LogP contribution in [0.1, 0.15) is 32.3 Å². The predicted molar refractivity (Wildman–Crippen MR) is 74.8 cm³/mol. The fourth-order valence-corrected chi connectivity index (χ4v) is 1.96. The molecule has 0 aliphatic carbocycles. The molecule has 4 heteroatoms. The number of hydrogen-bond donors (Lipinski definition) is 2. The molecule has 3 nitrogen and oxygen atoms in total. The fourth-order valence-electron chi connectivity index (χ4n) is 1.71. The molecule has 0 aliphatic heterocycles. The smallest absolute Gasteiger partial charge is 0.0992 e. The first-order chi connectivity index (χ1) is 8.48. The van der Waals surface area contributed by atoms with E-state index in [0.717, 1.165) is 25.1 Å². The quantitative estimate of drug-likeness (QED) is 0.829. The maximum atomic E-state index is 8.84. The number of rotatable bonds is 6. The average Bonchev–Trinajstić information content (AvgIpc) is 2.35. The molecule has 0 radical (unpaired) electrons. The summed E-state index contributed by atoms with van der Waals surface area (Å²) < 4.78 is 0. The summed E-state index contributed by atoms with van der Waals surface area (Å²) in [6, 6.07) is 7.28. The monoisotopic (exact) mass is 266 g/mol. The van der Waals surface area contributed by atoms with Gasteiger partial charge in [0, 0.05) is 13.2 Å². The van der Waals surface area contributed by atoms with Crippen molar-refractivity contribution in [1.29, 1.82) is 5.26 Å². The summed E-state index contributed by atoms with van der Waals surface area (Å²) in [5.41, 5.74) is 1.50. The third-order valence-corrected chi connectivity index (χ3v) is 3.18. The molecular weight excluding hydrogens is 248 g/mol. The summed E-state index contributed by atoms with van der Waals surface area (Å²) in [7, 11) is 0. The van der Waals surface area contributed by atoms with Crippen LogP contribution in [0.5, 0.6) is 0 Å². The van der Waals surface area contributed by atoms with Gasteiger partial charge in [0.25, 0.3) is 0 Å². The summed E-state index contributed by atoms with van der Waals surface area (Å²) in [5.74, 6) is 0. The van der Waals surface area contributed by atoms with E-state index in [4.69, 9.17) is 22.0 Å². The van der Waals surface area contributed by atoms with Crippen LogP contribution in [0.2, 0.25) is 5.02 Å². The molecule has 0 saturated heterocycles. The van der Waals surface area contributed by atoms with Crippen LogP contribution in [0, 0.1) is 16.7 Å². The van der Waals surface area contributed by atoms with E-state index in [2.05, 4.69) is 25.2 Å². The van der Waals surface area contributed by atoms with Crippen LogP contribution in [0.4, 0.5) is 5.69 Å². The van der Waals surface area contributed by atoms with E-state index in [1.807, 2.05) is 6.07 Å². The van der Waals surface area contributed by atoms with E-state index < -0.39 is 0 Å². The number of nitrogens with zero attached hydrogens (tertiary/aromatic N) is 1. The lowest BCUT2D eigenvalue weighted by Crippen LogP contribution is -2.23. The standard InChI is InChI=1S/C14H19ClN2O/c1-14(2,6-3-7-18)10-17-13-5-4-11(9-16)8-12(13)15/h4-5,8,17-18H,3,6-7,10H2,1-2H3. The molecule has 0 bridgehead atoms. The first kappa shape index (κ1) is 14.8. The van der Waals surface area contributed by atoms with Gasteiger partial charge in [-0.05, 0) is 36.5 Å². The van der Waals surface area contributed by atoms with E-state index in [1.54, 1.807) is 12.1 Å². The second-order valence-corrected chi connectivity index (χ2v) is 5.56. The van der Waals surface area contributed by atoms with Gasteiger partial charge in [0.1, 0.15) is 0 Å². The fraction of sp³-hybridized carbons (Fsp3) is 0.500. The Balaban J connectivity index is 2.61. The van der Waals surface area contributed by atoms with Gasteiger partial charge in [0.05, 0.1) is 22.3 Å². The van der Waals surface area contributed by atoms with Crippen LogP contribution in [0.25, 0.3) is 0 Å². The van der Waals surface area contributed by atoms with Crippen molar-refractivity contribution < 1.29 is 5.11 Å². The topological polar surface area (TPSA) is 56.0 Å². The summed E-state index contributed by atoms with van der Waals surface area (Å²) >= 11 is 6.09. The Morgan fingerprint density at radius 2 is 2.17 bits per heavy atom. The maximum absolute atomic E-state index is 8.84. The van der Waals surface area contributed by atoms with E-state index in [0.29, 0.717) is 10.6 Å². The van der Waals surface area contributed by atoms with Crippen molar-refractivity contribution in [2.45, 2.75) is 26.7 Å².